The molecule has 2 heterocycles. The number of nitrogens with zero attached hydrogens (tertiary/aromatic N) is 3. The molecule has 1 fully saturated rings. The Morgan fingerprint density at radius 2 is 2.28 bits per heavy atom. The summed E-state index contributed by atoms with van der Waals surface area (Å²) in [6.07, 6.45) is 0.645. The van der Waals surface area contributed by atoms with E-state index in [0.717, 1.165) is 42.7 Å². The first kappa shape index (κ1) is 13.7. The lowest BCUT2D eigenvalue weighted by Gasteiger charge is -2.41. The number of anilines is 1. The van der Waals surface area contributed by atoms with Crippen LogP contribution in [0.5, 0.6) is 0 Å². The van der Waals surface area contributed by atoms with Crippen molar-refractivity contribution in [3.63, 3.8) is 0 Å². The van der Waals surface area contributed by atoms with E-state index in [4.69, 9.17) is 0 Å². The minimum atomic E-state index is -0.194. The Hall–Kier alpha value is -0.720. The highest BCUT2D eigenvalue weighted by atomic mass is 32.1. The summed E-state index contributed by atoms with van der Waals surface area (Å²) in [5, 5.41) is 23.3. The maximum absolute atomic E-state index is 9.93. The van der Waals surface area contributed by atoms with Gasteiger partial charge >= 0.3 is 0 Å². The molecule has 0 radical (unpaired) electrons. The van der Waals surface area contributed by atoms with Crippen LogP contribution in [0, 0.1) is 5.41 Å². The first-order valence-electron chi connectivity index (χ1n) is 6.48. The van der Waals surface area contributed by atoms with Gasteiger partial charge in [-0.25, -0.2) is 0 Å². The molecule has 1 atom stereocenters. The van der Waals surface area contributed by atoms with Crippen molar-refractivity contribution in [1.29, 1.82) is 0 Å². The highest BCUT2D eigenvalue weighted by molar-refractivity contribution is 7.15. The molecular weight excluding hydrogens is 248 g/mol. The number of aliphatic hydroxyl groups excluding tert-OH is 1. The molecule has 1 aliphatic heterocycles. The van der Waals surface area contributed by atoms with Crippen molar-refractivity contribution in [2.45, 2.75) is 39.8 Å². The lowest BCUT2D eigenvalue weighted by molar-refractivity contribution is -0.0270. The number of piperidine rings is 1. The van der Waals surface area contributed by atoms with Gasteiger partial charge in [0, 0.05) is 25.0 Å². The van der Waals surface area contributed by atoms with Gasteiger partial charge in [0.25, 0.3) is 0 Å². The summed E-state index contributed by atoms with van der Waals surface area (Å²) in [5.41, 5.74) is -0.0343. The Bertz CT molecular complexity index is 393. The summed E-state index contributed by atoms with van der Waals surface area (Å²) in [7, 11) is 0. The third kappa shape index (κ3) is 3.18. The molecule has 0 bridgehead atoms. The van der Waals surface area contributed by atoms with E-state index in [2.05, 4.69) is 41.2 Å². The van der Waals surface area contributed by atoms with Gasteiger partial charge in [-0.1, -0.05) is 25.2 Å². The molecule has 1 aromatic rings. The Morgan fingerprint density at radius 3 is 2.94 bits per heavy atom. The number of hydrogen-bond acceptors (Lipinski definition) is 6. The van der Waals surface area contributed by atoms with Crippen LogP contribution in [-0.4, -0.2) is 45.9 Å². The van der Waals surface area contributed by atoms with Gasteiger partial charge in [0.15, 0.2) is 0 Å². The van der Waals surface area contributed by atoms with E-state index in [1.165, 1.54) is 0 Å². The zero-order chi connectivity index (χ0) is 13.2. The van der Waals surface area contributed by atoms with E-state index in [9.17, 15) is 5.11 Å². The molecule has 6 heteroatoms. The molecule has 5 nitrogen and oxygen atoms in total. The van der Waals surface area contributed by atoms with Crippen molar-refractivity contribution in [1.82, 2.24) is 15.1 Å². The monoisotopic (exact) mass is 270 g/mol. The van der Waals surface area contributed by atoms with Gasteiger partial charge in [-0.3, -0.25) is 4.90 Å². The maximum atomic E-state index is 9.93. The van der Waals surface area contributed by atoms with E-state index in [-0.39, 0.29) is 11.5 Å². The molecular formula is C12H22N4OS. The van der Waals surface area contributed by atoms with Crippen LogP contribution in [0.15, 0.2) is 0 Å². The summed E-state index contributed by atoms with van der Waals surface area (Å²) >= 11 is 1.61. The summed E-state index contributed by atoms with van der Waals surface area (Å²) in [6, 6.07) is 0. The summed E-state index contributed by atoms with van der Waals surface area (Å²) < 4.78 is 0. The fourth-order valence-corrected chi connectivity index (χ4v) is 3.17. The molecule has 1 unspecified atom stereocenters. The van der Waals surface area contributed by atoms with Gasteiger partial charge in [-0.05, 0) is 13.3 Å². The zero-order valence-corrected chi connectivity index (χ0v) is 12.1. The Balaban J connectivity index is 1.93. The van der Waals surface area contributed by atoms with Crippen LogP contribution in [-0.2, 0) is 6.54 Å². The van der Waals surface area contributed by atoms with Crippen LogP contribution in [0.4, 0.5) is 5.13 Å². The van der Waals surface area contributed by atoms with Crippen molar-refractivity contribution in [3.8, 4) is 0 Å². The maximum Gasteiger partial charge on any atom is 0.205 e. The average Bonchev–Trinajstić information content (AvgIpc) is 2.71. The van der Waals surface area contributed by atoms with Crippen LogP contribution in [0.25, 0.3) is 0 Å². The van der Waals surface area contributed by atoms with Gasteiger partial charge in [0.1, 0.15) is 5.01 Å². The molecule has 0 aliphatic carbocycles. The van der Waals surface area contributed by atoms with Crippen molar-refractivity contribution in [2.75, 3.05) is 25.0 Å². The van der Waals surface area contributed by atoms with Crippen molar-refractivity contribution >= 4 is 16.5 Å². The number of rotatable bonds is 4. The summed E-state index contributed by atoms with van der Waals surface area (Å²) in [5.74, 6) is 0. The van der Waals surface area contributed by atoms with Gasteiger partial charge in [-0.2, -0.15) is 0 Å². The van der Waals surface area contributed by atoms with Gasteiger partial charge < -0.3 is 10.4 Å². The normalized spacial score (nSPS) is 24.1. The first-order valence-corrected chi connectivity index (χ1v) is 7.29. The van der Waals surface area contributed by atoms with Crippen LogP contribution in [0.3, 0.4) is 0 Å². The first-order chi connectivity index (χ1) is 8.51. The predicted octanol–water partition coefficient (Wildman–Crippen LogP) is 1.56. The molecule has 0 spiro atoms. The van der Waals surface area contributed by atoms with Crippen LogP contribution in [0.1, 0.15) is 32.2 Å². The predicted molar refractivity (Wildman–Crippen MR) is 73.8 cm³/mol. The smallest absolute Gasteiger partial charge is 0.205 e. The SMILES string of the molecule is CCNc1nnc(CN2CCC(O)C(C)(C)C2)s1. The molecule has 0 saturated carbocycles. The number of nitrogens with one attached hydrogen (secondary N) is 1. The number of hydrogen-bond donors (Lipinski definition) is 2. The molecule has 0 amide bonds. The largest absolute Gasteiger partial charge is 0.392 e. The zero-order valence-electron chi connectivity index (χ0n) is 11.3. The summed E-state index contributed by atoms with van der Waals surface area (Å²) in [4.78, 5) is 2.35. The number of likely N-dealkylation sites (tertiary alicyclic amines) is 1. The highest BCUT2D eigenvalue weighted by Crippen LogP contribution is 2.30. The minimum absolute atomic E-state index is 0.0343. The molecule has 2 rings (SSSR count). The van der Waals surface area contributed by atoms with Crippen molar-refractivity contribution in [3.05, 3.63) is 5.01 Å². The van der Waals surface area contributed by atoms with E-state index in [1.807, 2.05) is 0 Å². The van der Waals surface area contributed by atoms with E-state index < -0.39 is 0 Å². The van der Waals surface area contributed by atoms with E-state index in [1.54, 1.807) is 11.3 Å². The summed E-state index contributed by atoms with van der Waals surface area (Å²) in [6.45, 7) is 9.83. The lowest BCUT2D eigenvalue weighted by Crippen LogP contribution is -2.48. The Kier molecular flexibility index (Phi) is 4.19. The standard InChI is InChI=1S/C12H22N4OS/c1-4-13-11-15-14-10(18-11)7-16-6-5-9(17)12(2,3)8-16/h9,17H,4-8H2,1-3H3,(H,13,15). The second-order valence-corrected chi connectivity index (χ2v) is 6.60. The van der Waals surface area contributed by atoms with Crippen LogP contribution >= 0.6 is 11.3 Å². The quantitative estimate of drug-likeness (QED) is 0.869. The van der Waals surface area contributed by atoms with Crippen LogP contribution in [0.2, 0.25) is 0 Å². The van der Waals surface area contributed by atoms with Crippen molar-refractivity contribution in [2.24, 2.45) is 5.41 Å². The fraction of sp³-hybridized carbons (Fsp3) is 0.833. The molecule has 0 aromatic carbocycles. The third-order valence-electron chi connectivity index (χ3n) is 3.41. The topological polar surface area (TPSA) is 61.3 Å². The molecule has 1 aliphatic rings. The Morgan fingerprint density at radius 1 is 1.50 bits per heavy atom. The van der Waals surface area contributed by atoms with E-state index >= 15 is 0 Å². The van der Waals surface area contributed by atoms with Crippen LogP contribution < -0.4 is 5.32 Å². The molecule has 1 saturated heterocycles. The fourth-order valence-electron chi connectivity index (χ4n) is 2.32. The molecule has 18 heavy (non-hydrogen) atoms. The van der Waals surface area contributed by atoms with Gasteiger partial charge in [-0.15, -0.1) is 10.2 Å². The second kappa shape index (κ2) is 5.50. The van der Waals surface area contributed by atoms with Gasteiger partial charge in [0.2, 0.25) is 5.13 Å². The van der Waals surface area contributed by atoms with Crippen molar-refractivity contribution < 1.29 is 5.11 Å². The van der Waals surface area contributed by atoms with Gasteiger partial charge in [0.05, 0.1) is 12.6 Å². The molecule has 2 N–H and O–H groups in total. The second-order valence-electron chi connectivity index (χ2n) is 5.53. The minimum Gasteiger partial charge on any atom is -0.392 e. The Labute approximate surface area is 112 Å². The lowest BCUT2D eigenvalue weighted by atomic mass is 9.81. The number of aromatic nitrogens is 2. The highest BCUT2D eigenvalue weighted by Gasteiger charge is 2.34. The number of aliphatic hydroxyl groups is 1. The average molecular weight is 270 g/mol. The van der Waals surface area contributed by atoms with E-state index in [0.29, 0.717) is 0 Å². The molecule has 1 aromatic heterocycles. The molecule has 102 valence electrons. The third-order valence-corrected chi connectivity index (χ3v) is 4.27.